The average Bonchev–Trinajstić information content (AvgIpc) is 2.88. The number of primary amides is 1. The quantitative estimate of drug-likeness (QED) is 0.848. The van der Waals surface area contributed by atoms with Crippen LogP contribution in [-0.2, 0) is 4.79 Å². The Morgan fingerprint density at radius 1 is 1.40 bits per heavy atom. The van der Waals surface area contributed by atoms with Gasteiger partial charge < -0.3 is 16.4 Å². The molecule has 0 aliphatic heterocycles. The van der Waals surface area contributed by atoms with E-state index in [4.69, 9.17) is 11.5 Å². The minimum absolute atomic E-state index is 0.181. The molecule has 6 heteroatoms. The maximum Gasteiger partial charge on any atom is 0.237 e. The van der Waals surface area contributed by atoms with Crippen molar-refractivity contribution >= 4 is 17.5 Å². The third-order valence-electron chi connectivity index (χ3n) is 3.83. The molecule has 4 N–H and O–H groups in total. The number of nitrogens with two attached hydrogens (primary N) is 2. The Kier molecular flexibility index (Phi) is 4.42. The van der Waals surface area contributed by atoms with Gasteiger partial charge >= 0.3 is 0 Å². The van der Waals surface area contributed by atoms with Crippen LogP contribution in [0.3, 0.4) is 0 Å². The molecule has 0 radical (unpaired) electrons. The SMILES string of the molecule is CC(C)c1c(N)ncnc1N(CC(N)=O)C1CCCC1. The van der Waals surface area contributed by atoms with E-state index in [1.54, 1.807) is 0 Å². The second-order valence-electron chi connectivity index (χ2n) is 5.68. The highest BCUT2D eigenvalue weighted by atomic mass is 16.1. The Balaban J connectivity index is 2.42. The van der Waals surface area contributed by atoms with Gasteiger partial charge in [0.25, 0.3) is 0 Å². The molecule has 1 aliphatic carbocycles. The first-order valence-electron chi connectivity index (χ1n) is 7.16. The molecule has 0 atom stereocenters. The fraction of sp³-hybridized carbons (Fsp3) is 0.643. The lowest BCUT2D eigenvalue weighted by atomic mass is 10.0. The maximum absolute atomic E-state index is 11.4. The number of aromatic nitrogens is 2. The van der Waals surface area contributed by atoms with Crippen molar-refractivity contribution in [1.29, 1.82) is 0 Å². The van der Waals surface area contributed by atoms with E-state index >= 15 is 0 Å². The first kappa shape index (κ1) is 14.6. The first-order valence-corrected chi connectivity index (χ1v) is 7.16. The molecular weight excluding hydrogens is 254 g/mol. The van der Waals surface area contributed by atoms with Crippen molar-refractivity contribution in [3.05, 3.63) is 11.9 Å². The van der Waals surface area contributed by atoms with Crippen molar-refractivity contribution in [3.63, 3.8) is 0 Å². The van der Waals surface area contributed by atoms with Crippen molar-refractivity contribution in [2.24, 2.45) is 5.73 Å². The smallest absolute Gasteiger partial charge is 0.237 e. The summed E-state index contributed by atoms with van der Waals surface area (Å²) < 4.78 is 0. The number of hydrogen-bond donors (Lipinski definition) is 2. The molecule has 1 heterocycles. The largest absolute Gasteiger partial charge is 0.383 e. The Labute approximate surface area is 119 Å². The summed E-state index contributed by atoms with van der Waals surface area (Å²) in [4.78, 5) is 21.9. The van der Waals surface area contributed by atoms with Crippen molar-refractivity contribution in [2.75, 3.05) is 17.2 Å². The Morgan fingerprint density at radius 3 is 2.60 bits per heavy atom. The van der Waals surface area contributed by atoms with E-state index in [2.05, 4.69) is 23.8 Å². The van der Waals surface area contributed by atoms with Gasteiger partial charge in [-0.15, -0.1) is 0 Å². The van der Waals surface area contributed by atoms with E-state index in [1.165, 1.54) is 19.2 Å². The van der Waals surface area contributed by atoms with Gasteiger partial charge in [0, 0.05) is 11.6 Å². The molecule has 1 aliphatic rings. The number of carbonyl (C=O) groups is 1. The van der Waals surface area contributed by atoms with Gasteiger partial charge in [-0.1, -0.05) is 26.7 Å². The molecule has 1 aromatic heterocycles. The highest BCUT2D eigenvalue weighted by Gasteiger charge is 2.28. The molecule has 1 aromatic rings. The van der Waals surface area contributed by atoms with Gasteiger partial charge in [-0.05, 0) is 18.8 Å². The Bertz CT molecular complexity index is 482. The van der Waals surface area contributed by atoms with Crippen LogP contribution in [0.5, 0.6) is 0 Å². The van der Waals surface area contributed by atoms with Gasteiger partial charge in [-0.25, -0.2) is 9.97 Å². The van der Waals surface area contributed by atoms with Crippen LogP contribution >= 0.6 is 0 Å². The zero-order valence-electron chi connectivity index (χ0n) is 12.2. The topological polar surface area (TPSA) is 98.1 Å². The summed E-state index contributed by atoms with van der Waals surface area (Å²) in [6.07, 6.45) is 5.94. The number of anilines is 2. The number of carbonyl (C=O) groups excluding carboxylic acids is 1. The zero-order chi connectivity index (χ0) is 14.7. The molecule has 0 aromatic carbocycles. The monoisotopic (exact) mass is 277 g/mol. The molecule has 2 rings (SSSR count). The van der Waals surface area contributed by atoms with Gasteiger partial charge in [-0.3, -0.25) is 4.79 Å². The lowest BCUT2D eigenvalue weighted by molar-refractivity contribution is -0.116. The van der Waals surface area contributed by atoms with E-state index < -0.39 is 0 Å². The number of nitrogens with zero attached hydrogens (tertiary/aromatic N) is 3. The summed E-state index contributed by atoms with van der Waals surface area (Å²) in [6, 6.07) is 0.314. The van der Waals surface area contributed by atoms with E-state index in [9.17, 15) is 4.79 Å². The van der Waals surface area contributed by atoms with Crippen LogP contribution < -0.4 is 16.4 Å². The molecule has 0 saturated heterocycles. The number of amides is 1. The summed E-state index contributed by atoms with van der Waals surface area (Å²) in [5.41, 5.74) is 12.3. The normalized spacial score (nSPS) is 15.8. The lowest BCUT2D eigenvalue weighted by Gasteiger charge is -2.31. The molecule has 110 valence electrons. The van der Waals surface area contributed by atoms with Gasteiger partial charge in [0.1, 0.15) is 18.0 Å². The minimum Gasteiger partial charge on any atom is -0.383 e. The van der Waals surface area contributed by atoms with E-state index in [0.717, 1.165) is 24.2 Å². The molecular formula is C14H23N5O. The Morgan fingerprint density at radius 2 is 2.05 bits per heavy atom. The summed E-state index contributed by atoms with van der Waals surface area (Å²) >= 11 is 0. The minimum atomic E-state index is -0.344. The predicted octanol–water partition coefficient (Wildman–Crippen LogP) is 1.42. The van der Waals surface area contributed by atoms with Crippen molar-refractivity contribution in [2.45, 2.75) is 51.5 Å². The molecule has 1 saturated carbocycles. The third-order valence-corrected chi connectivity index (χ3v) is 3.83. The van der Waals surface area contributed by atoms with Gasteiger partial charge in [-0.2, -0.15) is 0 Å². The van der Waals surface area contributed by atoms with Crippen LogP contribution in [0.2, 0.25) is 0 Å². The highest BCUT2D eigenvalue weighted by molar-refractivity contribution is 5.80. The van der Waals surface area contributed by atoms with Crippen molar-refractivity contribution < 1.29 is 4.79 Å². The second kappa shape index (κ2) is 6.07. The van der Waals surface area contributed by atoms with Crippen molar-refractivity contribution in [1.82, 2.24) is 9.97 Å². The van der Waals surface area contributed by atoms with Crippen LogP contribution in [0.15, 0.2) is 6.33 Å². The van der Waals surface area contributed by atoms with E-state index in [1.807, 2.05) is 4.90 Å². The highest BCUT2D eigenvalue weighted by Crippen LogP contribution is 2.33. The third kappa shape index (κ3) is 3.00. The maximum atomic E-state index is 11.4. The predicted molar refractivity (Wildman–Crippen MR) is 79.3 cm³/mol. The summed E-state index contributed by atoms with van der Waals surface area (Å²) in [5.74, 6) is 1.10. The van der Waals surface area contributed by atoms with Crippen LogP contribution in [0.1, 0.15) is 51.0 Å². The Hall–Kier alpha value is -1.85. The zero-order valence-corrected chi connectivity index (χ0v) is 12.2. The van der Waals surface area contributed by atoms with Gasteiger partial charge in [0.2, 0.25) is 5.91 Å². The molecule has 1 amide bonds. The number of nitrogen functional groups attached to an aromatic ring is 1. The molecule has 0 unspecified atom stereocenters. The molecule has 20 heavy (non-hydrogen) atoms. The molecule has 0 spiro atoms. The fourth-order valence-corrected chi connectivity index (χ4v) is 2.94. The molecule has 1 fully saturated rings. The first-order chi connectivity index (χ1) is 9.50. The van der Waals surface area contributed by atoms with Crippen LogP contribution in [-0.4, -0.2) is 28.5 Å². The summed E-state index contributed by atoms with van der Waals surface area (Å²) in [6.45, 7) is 4.28. The van der Waals surface area contributed by atoms with E-state index in [-0.39, 0.29) is 18.4 Å². The van der Waals surface area contributed by atoms with Gasteiger partial charge in [0.15, 0.2) is 0 Å². The summed E-state index contributed by atoms with van der Waals surface area (Å²) in [7, 11) is 0. The number of rotatable bonds is 5. The average molecular weight is 277 g/mol. The van der Waals surface area contributed by atoms with Gasteiger partial charge in [0.05, 0.1) is 6.54 Å². The summed E-state index contributed by atoms with van der Waals surface area (Å²) in [5, 5.41) is 0. The number of hydrogen-bond acceptors (Lipinski definition) is 5. The van der Waals surface area contributed by atoms with Crippen LogP contribution in [0.4, 0.5) is 11.6 Å². The van der Waals surface area contributed by atoms with E-state index in [0.29, 0.717) is 11.9 Å². The fourth-order valence-electron chi connectivity index (χ4n) is 2.94. The molecule has 0 bridgehead atoms. The standard InChI is InChI=1S/C14H23N5O/c1-9(2)12-13(16)17-8-18-14(12)19(7-11(15)20)10-5-3-4-6-10/h8-10H,3-7H2,1-2H3,(H2,15,20)(H2,16,17,18). The molecule has 6 nitrogen and oxygen atoms in total. The second-order valence-corrected chi connectivity index (χ2v) is 5.68. The lowest BCUT2D eigenvalue weighted by Crippen LogP contribution is -2.41. The van der Waals surface area contributed by atoms with Crippen molar-refractivity contribution in [3.8, 4) is 0 Å². The van der Waals surface area contributed by atoms with Crippen LogP contribution in [0.25, 0.3) is 0 Å². The van der Waals surface area contributed by atoms with Crippen LogP contribution in [0, 0.1) is 0 Å².